The molecule has 0 aliphatic rings. The number of fused-ring (bicyclic) bond motifs is 1. The number of rotatable bonds is 6. The number of nitrogens with zero attached hydrogens (tertiary/aromatic N) is 2. The zero-order chi connectivity index (χ0) is 21.6. The highest BCUT2D eigenvalue weighted by atomic mass is 35.5. The van der Waals surface area contributed by atoms with Gasteiger partial charge in [0.2, 0.25) is 0 Å². The van der Waals surface area contributed by atoms with Crippen LogP contribution in [0.15, 0.2) is 42.7 Å². The summed E-state index contributed by atoms with van der Waals surface area (Å²) in [5.41, 5.74) is 2.07. The van der Waals surface area contributed by atoms with Gasteiger partial charge in [0.1, 0.15) is 30.3 Å². The Morgan fingerprint density at radius 1 is 1.07 bits per heavy atom. The van der Waals surface area contributed by atoms with Crippen LogP contribution in [-0.4, -0.2) is 22.5 Å². The van der Waals surface area contributed by atoms with Crippen LogP contribution >= 0.6 is 11.6 Å². The first kappa shape index (κ1) is 24.6. The lowest BCUT2D eigenvalue weighted by molar-refractivity contribution is 0.341. The van der Waals surface area contributed by atoms with Crippen LogP contribution in [0.25, 0.3) is 10.9 Å². The minimum atomic E-state index is -0.343. The van der Waals surface area contributed by atoms with E-state index in [9.17, 15) is 4.39 Å². The predicted octanol–water partition coefficient (Wildman–Crippen LogP) is 7.27. The fourth-order valence-corrected chi connectivity index (χ4v) is 2.36. The van der Waals surface area contributed by atoms with E-state index in [2.05, 4.69) is 29.1 Å². The number of halogens is 2. The number of hydrogen-bond acceptors (Lipinski definition) is 4. The van der Waals surface area contributed by atoms with Crippen molar-refractivity contribution in [1.82, 2.24) is 9.97 Å². The van der Waals surface area contributed by atoms with E-state index in [0.29, 0.717) is 29.7 Å². The molecular weight excluding hydrogens is 389 g/mol. The van der Waals surface area contributed by atoms with Crippen molar-refractivity contribution in [2.75, 3.05) is 17.8 Å². The van der Waals surface area contributed by atoms with Gasteiger partial charge in [-0.2, -0.15) is 0 Å². The monoisotopic (exact) mass is 419 g/mol. The normalized spacial score (nSPS) is 9.76. The molecule has 0 aliphatic carbocycles. The third kappa shape index (κ3) is 7.50. The van der Waals surface area contributed by atoms with E-state index in [4.69, 9.17) is 16.3 Å². The van der Waals surface area contributed by atoms with Gasteiger partial charge in [-0.15, -0.1) is 11.6 Å². The van der Waals surface area contributed by atoms with Crippen molar-refractivity contribution in [3.05, 3.63) is 54.1 Å². The van der Waals surface area contributed by atoms with Crippen molar-refractivity contribution in [3.63, 3.8) is 0 Å². The standard InChI is InChI=1S/C17H15ClFN3O.C4H10.C2H6/c1-11-8-15-12(9-16(11)23-7-6-18)17(21-10-20-15)22-14-5-3-2-4-13(14)19;1-3-4-2;1-2/h2-5,8-10H,6-7H2,1H3,(H,20,21,22);3-4H2,1-2H3;1-2H3. The zero-order valence-electron chi connectivity index (χ0n) is 17.9. The van der Waals surface area contributed by atoms with Gasteiger partial charge in [-0.3, -0.25) is 0 Å². The maximum atomic E-state index is 13.8. The molecule has 0 saturated carbocycles. The summed E-state index contributed by atoms with van der Waals surface area (Å²) in [6.45, 7) is 10.7. The van der Waals surface area contributed by atoms with E-state index in [1.54, 1.807) is 18.2 Å². The highest BCUT2D eigenvalue weighted by molar-refractivity contribution is 6.18. The Morgan fingerprint density at radius 3 is 2.38 bits per heavy atom. The molecular formula is C23H31ClFN3O. The largest absolute Gasteiger partial charge is 0.492 e. The number of alkyl halides is 1. The maximum Gasteiger partial charge on any atom is 0.146 e. The first-order valence-electron chi connectivity index (χ1n) is 10.1. The van der Waals surface area contributed by atoms with E-state index in [1.807, 2.05) is 32.9 Å². The van der Waals surface area contributed by atoms with E-state index < -0.39 is 0 Å². The Morgan fingerprint density at radius 2 is 1.76 bits per heavy atom. The van der Waals surface area contributed by atoms with Gasteiger partial charge in [0, 0.05) is 5.39 Å². The third-order valence-electron chi connectivity index (χ3n) is 3.89. The Kier molecular flexibility index (Phi) is 11.7. The molecule has 1 aromatic heterocycles. The number of aryl methyl sites for hydroxylation is 1. The molecule has 0 fully saturated rings. The Labute approximate surface area is 178 Å². The quantitative estimate of drug-likeness (QED) is 0.426. The predicted molar refractivity (Wildman–Crippen MR) is 122 cm³/mol. The number of para-hydroxylation sites is 1. The molecule has 158 valence electrons. The van der Waals surface area contributed by atoms with Gasteiger partial charge in [0.25, 0.3) is 0 Å². The van der Waals surface area contributed by atoms with E-state index in [0.717, 1.165) is 16.5 Å². The summed E-state index contributed by atoms with van der Waals surface area (Å²) in [5.74, 6) is 1.30. The van der Waals surface area contributed by atoms with Crippen LogP contribution in [0.4, 0.5) is 15.9 Å². The first-order valence-corrected chi connectivity index (χ1v) is 10.6. The SMILES string of the molecule is CC.CCCC.Cc1cc2ncnc(Nc3ccccc3F)c2cc1OCCCl. The summed E-state index contributed by atoms with van der Waals surface area (Å²) in [6, 6.07) is 10.2. The summed E-state index contributed by atoms with van der Waals surface area (Å²) >= 11 is 5.67. The van der Waals surface area contributed by atoms with Gasteiger partial charge in [0.05, 0.1) is 17.1 Å². The molecule has 0 unspecified atom stereocenters. The molecule has 0 saturated heterocycles. The second-order valence-electron chi connectivity index (χ2n) is 6.00. The zero-order valence-corrected chi connectivity index (χ0v) is 18.7. The van der Waals surface area contributed by atoms with Crippen molar-refractivity contribution in [2.45, 2.75) is 47.5 Å². The summed E-state index contributed by atoms with van der Waals surface area (Å²) in [7, 11) is 0. The van der Waals surface area contributed by atoms with Crippen LogP contribution in [0.2, 0.25) is 0 Å². The van der Waals surface area contributed by atoms with Gasteiger partial charge in [0.15, 0.2) is 0 Å². The van der Waals surface area contributed by atoms with Crippen LogP contribution in [-0.2, 0) is 0 Å². The number of hydrogen-bond donors (Lipinski definition) is 1. The van der Waals surface area contributed by atoms with E-state index >= 15 is 0 Å². The molecule has 0 amide bonds. The molecule has 6 heteroatoms. The van der Waals surface area contributed by atoms with Crippen LogP contribution < -0.4 is 10.1 Å². The van der Waals surface area contributed by atoms with Crippen LogP contribution in [0.1, 0.15) is 46.1 Å². The summed E-state index contributed by atoms with van der Waals surface area (Å²) in [5, 5.41) is 3.77. The van der Waals surface area contributed by atoms with Crippen molar-refractivity contribution >= 4 is 34.0 Å². The van der Waals surface area contributed by atoms with Crippen molar-refractivity contribution in [1.29, 1.82) is 0 Å². The number of unbranched alkanes of at least 4 members (excludes halogenated alkanes) is 1. The fraction of sp³-hybridized carbons (Fsp3) is 0.391. The summed E-state index contributed by atoms with van der Waals surface area (Å²) in [4.78, 5) is 8.49. The molecule has 0 bridgehead atoms. The number of aromatic nitrogens is 2. The average Bonchev–Trinajstić information content (AvgIpc) is 2.75. The lowest BCUT2D eigenvalue weighted by atomic mass is 10.1. The Bertz CT molecular complexity index is 872. The Balaban J connectivity index is 0.000000627. The van der Waals surface area contributed by atoms with Gasteiger partial charge < -0.3 is 10.1 Å². The highest BCUT2D eigenvalue weighted by Gasteiger charge is 2.10. The molecule has 4 nitrogen and oxygen atoms in total. The highest BCUT2D eigenvalue weighted by Crippen LogP contribution is 2.30. The lowest BCUT2D eigenvalue weighted by Crippen LogP contribution is -2.02. The van der Waals surface area contributed by atoms with Gasteiger partial charge in [-0.25, -0.2) is 14.4 Å². The third-order valence-corrected chi connectivity index (χ3v) is 4.05. The van der Waals surface area contributed by atoms with Gasteiger partial charge in [-0.05, 0) is 36.8 Å². The molecule has 3 rings (SSSR count). The fourth-order valence-electron chi connectivity index (χ4n) is 2.28. The van der Waals surface area contributed by atoms with E-state index in [1.165, 1.54) is 25.2 Å². The number of anilines is 2. The van der Waals surface area contributed by atoms with Gasteiger partial charge >= 0.3 is 0 Å². The van der Waals surface area contributed by atoms with Crippen LogP contribution in [0, 0.1) is 12.7 Å². The summed E-state index contributed by atoms with van der Waals surface area (Å²) in [6.07, 6.45) is 4.09. The second-order valence-corrected chi connectivity index (χ2v) is 6.38. The van der Waals surface area contributed by atoms with Crippen molar-refractivity contribution < 1.29 is 9.13 Å². The molecule has 3 aromatic rings. The molecule has 2 aromatic carbocycles. The lowest BCUT2D eigenvalue weighted by Gasteiger charge is -2.12. The molecule has 1 N–H and O–H groups in total. The summed E-state index contributed by atoms with van der Waals surface area (Å²) < 4.78 is 19.5. The smallest absolute Gasteiger partial charge is 0.146 e. The van der Waals surface area contributed by atoms with E-state index in [-0.39, 0.29) is 5.82 Å². The Hall–Kier alpha value is -2.40. The molecule has 29 heavy (non-hydrogen) atoms. The molecule has 0 atom stereocenters. The minimum absolute atomic E-state index is 0.343. The minimum Gasteiger partial charge on any atom is -0.492 e. The van der Waals surface area contributed by atoms with Gasteiger partial charge in [-0.1, -0.05) is 52.7 Å². The average molecular weight is 420 g/mol. The topological polar surface area (TPSA) is 47.0 Å². The van der Waals surface area contributed by atoms with Crippen LogP contribution in [0.5, 0.6) is 5.75 Å². The number of nitrogens with one attached hydrogen (secondary N) is 1. The maximum absolute atomic E-state index is 13.8. The second kappa shape index (κ2) is 13.7. The molecule has 0 aliphatic heterocycles. The first-order chi connectivity index (χ1) is 14.1. The molecule has 0 spiro atoms. The van der Waals surface area contributed by atoms with Crippen LogP contribution in [0.3, 0.4) is 0 Å². The van der Waals surface area contributed by atoms with Crippen molar-refractivity contribution in [2.24, 2.45) is 0 Å². The molecule has 0 radical (unpaired) electrons. The molecule has 1 heterocycles. The van der Waals surface area contributed by atoms with Crippen molar-refractivity contribution in [3.8, 4) is 5.75 Å². The number of ether oxygens (including phenoxy) is 1. The number of benzene rings is 2.